The highest BCUT2D eigenvalue weighted by Gasteiger charge is 2.02. The van der Waals surface area contributed by atoms with Gasteiger partial charge in [-0.1, -0.05) is 30.3 Å². The highest BCUT2D eigenvalue weighted by Crippen LogP contribution is 2.00. The molecular weight excluding hydrogens is 222 g/mol. The van der Waals surface area contributed by atoms with Crippen LogP contribution in [-0.4, -0.2) is 37.6 Å². The van der Waals surface area contributed by atoms with Gasteiger partial charge in [-0.05, 0) is 12.0 Å². The minimum Gasteiger partial charge on any atom is -0.329 e. The Morgan fingerprint density at radius 3 is 1.94 bits per heavy atom. The molecule has 16 heavy (non-hydrogen) atoms. The number of hydrogen-bond acceptors (Lipinski definition) is 3. The molecule has 0 bridgehead atoms. The highest BCUT2D eigenvalue weighted by molar-refractivity contribution is 5.85. The minimum atomic E-state index is 0. The first-order valence-electron chi connectivity index (χ1n) is 5.53. The normalized spacial score (nSPS) is 10.2. The van der Waals surface area contributed by atoms with Crippen molar-refractivity contribution < 1.29 is 0 Å². The summed E-state index contributed by atoms with van der Waals surface area (Å²) in [4.78, 5) is 2.31. The van der Waals surface area contributed by atoms with E-state index in [-0.39, 0.29) is 12.4 Å². The Morgan fingerprint density at radius 2 is 1.44 bits per heavy atom. The predicted octanol–water partition coefficient (Wildman–Crippen LogP) is 0.870. The van der Waals surface area contributed by atoms with Gasteiger partial charge in [0.05, 0.1) is 0 Å². The van der Waals surface area contributed by atoms with Crippen LogP contribution in [0.1, 0.15) is 5.56 Å². The number of benzene rings is 1. The molecule has 1 rings (SSSR count). The smallest absolute Gasteiger partial charge is 0.0105 e. The molecule has 3 nitrogen and oxygen atoms in total. The lowest BCUT2D eigenvalue weighted by atomic mass is 10.1. The maximum Gasteiger partial charge on any atom is 0.0105 e. The summed E-state index contributed by atoms with van der Waals surface area (Å²) in [6.45, 7) is 4.32. The van der Waals surface area contributed by atoms with Crippen LogP contribution < -0.4 is 11.5 Å². The lowest BCUT2D eigenvalue weighted by Crippen LogP contribution is -2.35. The summed E-state index contributed by atoms with van der Waals surface area (Å²) in [5.74, 6) is 0. The van der Waals surface area contributed by atoms with Gasteiger partial charge in [-0.3, -0.25) is 0 Å². The summed E-state index contributed by atoms with van der Waals surface area (Å²) in [6.07, 6.45) is 1.07. The molecule has 0 aliphatic rings. The molecule has 1 aromatic carbocycles. The van der Waals surface area contributed by atoms with E-state index in [9.17, 15) is 0 Å². The number of nitrogens with two attached hydrogens (primary N) is 2. The lowest BCUT2D eigenvalue weighted by molar-refractivity contribution is 0.292. The fourth-order valence-corrected chi connectivity index (χ4v) is 1.63. The van der Waals surface area contributed by atoms with Crippen molar-refractivity contribution in [3.05, 3.63) is 35.9 Å². The van der Waals surface area contributed by atoms with Crippen LogP contribution in [0.2, 0.25) is 0 Å². The Morgan fingerprint density at radius 1 is 0.875 bits per heavy atom. The van der Waals surface area contributed by atoms with Gasteiger partial charge in [-0.2, -0.15) is 0 Å². The number of rotatable bonds is 7. The van der Waals surface area contributed by atoms with E-state index < -0.39 is 0 Å². The molecule has 0 aromatic heterocycles. The van der Waals surface area contributed by atoms with Gasteiger partial charge in [0.2, 0.25) is 0 Å². The molecule has 0 spiro atoms. The van der Waals surface area contributed by atoms with Crippen LogP contribution in [0.5, 0.6) is 0 Å². The maximum atomic E-state index is 5.55. The minimum absolute atomic E-state index is 0. The fourth-order valence-electron chi connectivity index (χ4n) is 1.63. The Bertz CT molecular complexity index is 248. The van der Waals surface area contributed by atoms with Gasteiger partial charge in [0.25, 0.3) is 0 Å². The molecule has 4 heteroatoms. The SMILES string of the molecule is Cl.NCCN(CCN)CCc1ccccc1. The summed E-state index contributed by atoms with van der Waals surface area (Å²) in [6, 6.07) is 10.5. The quantitative estimate of drug-likeness (QED) is 0.747. The third-order valence-electron chi connectivity index (χ3n) is 2.45. The van der Waals surface area contributed by atoms with E-state index in [1.165, 1.54) is 5.56 Å². The van der Waals surface area contributed by atoms with Gasteiger partial charge in [0.15, 0.2) is 0 Å². The second kappa shape index (κ2) is 9.60. The Kier molecular flexibility index (Phi) is 9.24. The average molecular weight is 244 g/mol. The van der Waals surface area contributed by atoms with E-state index in [0.29, 0.717) is 13.1 Å². The lowest BCUT2D eigenvalue weighted by Gasteiger charge is -2.20. The molecule has 0 aliphatic carbocycles. The second-order valence-electron chi connectivity index (χ2n) is 3.65. The van der Waals surface area contributed by atoms with Crippen LogP contribution in [-0.2, 0) is 6.42 Å². The standard InChI is InChI=1S/C12H21N3.ClH/c13-7-10-15(11-8-14)9-6-12-4-2-1-3-5-12;/h1-5H,6-11,13-14H2;1H. The zero-order valence-corrected chi connectivity index (χ0v) is 10.5. The fraction of sp³-hybridized carbons (Fsp3) is 0.500. The first-order chi connectivity index (χ1) is 7.36. The van der Waals surface area contributed by atoms with Crippen LogP contribution in [0.15, 0.2) is 30.3 Å². The van der Waals surface area contributed by atoms with E-state index >= 15 is 0 Å². The van der Waals surface area contributed by atoms with Crippen LogP contribution in [0.4, 0.5) is 0 Å². The summed E-state index contributed by atoms with van der Waals surface area (Å²) < 4.78 is 0. The molecule has 92 valence electrons. The number of nitrogens with zero attached hydrogens (tertiary/aromatic N) is 1. The first-order valence-corrected chi connectivity index (χ1v) is 5.53. The van der Waals surface area contributed by atoms with Crippen molar-refractivity contribution in [1.82, 2.24) is 4.90 Å². The molecule has 0 aliphatic heterocycles. The molecule has 0 atom stereocenters. The molecule has 0 heterocycles. The van der Waals surface area contributed by atoms with E-state index in [1.807, 2.05) is 6.07 Å². The maximum absolute atomic E-state index is 5.55. The van der Waals surface area contributed by atoms with E-state index in [2.05, 4.69) is 29.2 Å². The van der Waals surface area contributed by atoms with E-state index in [0.717, 1.165) is 26.1 Å². The van der Waals surface area contributed by atoms with Crippen molar-refractivity contribution in [2.75, 3.05) is 32.7 Å². The first kappa shape index (κ1) is 15.4. The van der Waals surface area contributed by atoms with E-state index in [4.69, 9.17) is 11.5 Å². The van der Waals surface area contributed by atoms with Crippen molar-refractivity contribution in [3.63, 3.8) is 0 Å². The van der Waals surface area contributed by atoms with Crippen LogP contribution in [0.25, 0.3) is 0 Å². The monoisotopic (exact) mass is 243 g/mol. The van der Waals surface area contributed by atoms with Gasteiger partial charge in [-0.25, -0.2) is 0 Å². The Balaban J connectivity index is 0.00000225. The predicted molar refractivity (Wildman–Crippen MR) is 71.9 cm³/mol. The van der Waals surface area contributed by atoms with Gasteiger partial charge >= 0.3 is 0 Å². The highest BCUT2D eigenvalue weighted by atomic mass is 35.5. The van der Waals surface area contributed by atoms with Crippen LogP contribution >= 0.6 is 12.4 Å². The van der Waals surface area contributed by atoms with Gasteiger partial charge in [0, 0.05) is 32.7 Å². The molecule has 0 saturated heterocycles. The molecule has 1 aromatic rings. The van der Waals surface area contributed by atoms with Crippen molar-refractivity contribution >= 4 is 12.4 Å². The van der Waals surface area contributed by atoms with Gasteiger partial charge < -0.3 is 16.4 Å². The van der Waals surface area contributed by atoms with Gasteiger partial charge in [-0.15, -0.1) is 12.4 Å². The molecule has 4 N–H and O–H groups in total. The molecule has 0 fully saturated rings. The third-order valence-corrected chi connectivity index (χ3v) is 2.45. The summed E-state index contributed by atoms with van der Waals surface area (Å²) in [7, 11) is 0. The summed E-state index contributed by atoms with van der Waals surface area (Å²) >= 11 is 0. The third kappa shape index (κ3) is 6.08. The molecule has 0 unspecified atom stereocenters. The number of hydrogen-bond donors (Lipinski definition) is 2. The average Bonchev–Trinajstić information content (AvgIpc) is 2.28. The van der Waals surface area contributed by atoms with Crippen molar-refractivity contribution in [3.8, 4) is 0 Å². The molecular formula is C12H22ClN3. The summed E-state index contributed by atoms with van der Waals surface area (Å²) in [5.41, 5.74) is 12.5. The van der Waals surface area contributed by atoms with Crippen molar-refractivity contribution in [1.29, 1.82) is 0 Å². The Labute approximate surface area is 104 Å². The molecule has 0 saturated carbocycles. The van der Waals surface area contributed by atoms with Crippen molar-refractivity contribution in [2.45, 2.75) is 6.42 Å². The second-order valence-corrected chi connectivity index (χ2v) is 3.65. The largest absolute Gasteiger partial charge is 0.329 e. The van der Waals surface area contributed by atoms with Crippen LogP contribution in [0, 0.1) is 0 Å². The molecule has 0 radical (unpaired) electrons. The zero-order chi connectivity index (χ0) is 10.9. The molecule has 0 amide bonds. The Hall–Kier alpha value is -0.610. The topological polar surface area (TPSA) is 55.3 Å². The van der Waals surface area contributed by atoms with Crippen molar-refractivity contribution in [2.24, 2.45) is 11.5 Å². The number of halogens is 1. The summed E-state index contributed by atoms with van der Waals surface area (Å²) in [5, 5.41) is 0. The zero-order valence-electron chi connectivity index (χ0n) is 9.64. The van der Waals surface area contributed by atoms with Crippen LogP contribution in [0.3, 0.4) is 0 Å². The van der Waals surface area contributed by atoms with E-state index in [1.54, 1.807) is 0 Å². The van der Waals surface area contributed by atoms with Gasteiger partial charge in [0.1, 0.15) is 0 Å².